The van der Waals surface area contributed by atoms with E-state index in [2.05, 4.69) is 521 Å². The number of aryl methyl sites for hydroxylation is 2. The Morgan fingerprint density at radius 3 is 1.14 bits per heavy atom. The Balaban J connectivity index is 0.000000128. The van der Waals surface area contributed by atoms with Crippen LogP contribution in [0.15, 0.2) is 527 Å². The molecule has 0 aliphatic heterocycles. The third-order valence-electron chi connectivity index (χ3n) is 24.8. The number of halogens is 1. The molecule has 19 aromatic carbocycles. The number of aromatic carboxylic acids is 1. The molecule has 0 saturated carbocycles. The third-order valence-corrected chi connectivity index (χ3v) is 24.8. The van der Waals surface area contributed by atoms with E-state index in [4.69, 9.17) is 5.11 Å². The molecular weight excluding hydrogens is 1960 g/mol. The number of carboxylic acid groups (broad SMARTS) is 1. The minimum atomic E-state index is -0.990. The number of fused-ring (bicyclic) bond motifs is 8. The quantitative estimate of drug-likeness (QED) is 0.0407. The van der Waals surface area contributed by atoms with Crippen molar-refractivity contribution < 1.29 is 34.4 Å². The second-order valence-electron chi connectivity index (χ2n) is 33.8. The minimum Gasteiger partial charge on any atom is -0.477 e. The van der Waals surface area contributed by atoms with Crippen LogP contribution >= 0.6 is 9.03 Å². The maximum atomic E-state index is 12.7. The second-order valence-corrected chi connectivity index (χ2v) is 34.1. The molecule has 0 aliphatic carbocycles. The van der Waals surface area contributed by atoms with Gasteiger partial charge in [-0.15, -0.1) is 29.8 Å². The molecule has 24 rings (SSSR count). The van der Waals surface area contributed by atoms with Gasteiger partial charge in [0, 0.05) is 140 Å². The molecule has 0 saturated heterocycles. The fraction of sp³-hybridized carbons (Fsp3) is 0.0156. The molecule has 0 aliphatic rings. The van der Waals surface area contributed by atoms with Gasteiger partial charge in [0.15, 0.2) is 0 Å². The van der Waals surface area contributed by atoms with Gasteiger partial charge in [-0.05, 0) is 241 Å². The molecule has 0 spiro atoms. The molecule has 12 nitrogen and oxygen atoms in total. The predicted octanol–water partition coefficient (Wildman–Crippen LogP) is 34.2. The number of carbonyl (C=O) groups is 1. The van der Waals surface area contributed by atoms with Gasteiger partial charge < -0.3 is 34.0 Å². The van der Waals surface area contributed by atoms with E-state index in [0.29, 0.717) is 0 Å². The van der Waals surface area contributed by atoms with Crippen molar-refractivity contribution in [3.63, 3.8) is 0 Å². The fourth-order valence-corrected chi connectivity index (χ4v) is 18.2. The molecule has 3 radical (unpaired) electrons. The van der Waals surface area contributed by atoms with E-state index in [-0.39, 0.29) is 31.6 Å². The Kier molecular flexibility index (Phi) is 31.0. The van der Waals surface area contributed by atoms with Crippen molar-refractivity contribution in [2.24, 2.45) is 4.66 Å². The number of hydrogen-bond acceptors (Lipinski definition) is 10. The zero-order chi connectivity index (χ0) is 97.6. The molecule has 693 valence electrons. The number of rotatable bonds is 17. The van der Waals surface area contributed by atoms with Crippen molar-refractivity contribution in [2.75, 3.05) is 14.7 Å². The first-order chi connectivity index (χ1) is 70.5. The Labute approximate surface area is 853 Å². The van der Waals surface area contributed by atoms with Crippen LogP contribution in [0.2, 0.25) is 0 Å². The molecule has 0 unspecified atom stereocenters. The molecule has 16 heteroatoms. The maximum Gasteiger partial charge on any atom is 0.354 e. The molecule has 0 amide bonds. The van der Waals surface area contributed by atoms with Crippen LogP contribution in [-0.2, 0) is 20.1 Å². The summed E-state index contributed by atoms with van der Waals surface area (Å²) in [6, 6.07) is 176. The summed E-state index contributed by atoms with van der Waals surface area (Å²) < 4.78 is 17.9. The van der Waals surface area contributed by atoms with Crippen molar-refractivity contribution in [1.29, 1.82) is 0 Å². The third kappa shape index (κ3) is 22.1. The average Bonchev–Trinajstić information content (AvgIpc) is 1.37. The van der Waals surface area contributed by atoms with E-state index in [1.54, 1.807) is 24.4 Å². The van der Waals surface area contributed by atoms with Gasteiger partial charge in [-0.1, -0.05) is 328 Å². The summed E-state index contributed by atoms with van der Waals surface area (Å²) >= 11 is 0. The molecule has 5 heterocycles. The number of hydrogen-bond donors (Lipinski definition) is 1. The number of carboxylic acids is 1. The van der Waals surface area contributed by atoms with E-state index in [1.807, 2.05) is 38.4 Å². The number of anilines is 9. The first kappa shape index (κ1) is 96.4. The van der Waals surface area contributed by atoms with Gasteiger partial charge >= 0.3 is 5.97 Å². The van der Waals surface area contributed by atoms with Crippen molar-refractivity contribution in [2.45, 2.75) is 13.8 Å². The van der Waals surface area contributed by atoms with E-state index in [9.17, 15) is 9.18 Å². The van der Waals surface area contributed by atoms with Gasteiger partial charge in [-0.3, -0.25) is 19.3 Å². The number of nitrogens with zero attached hydrogens (tertiary/aromatic N) is 10. The van der Waals surface area contributed by atoms with Crippen LogP contribution in [0, 0.1) is 25.7 Å². The van der Waals surface area contributed by atoms with Crippen LogP contribution in [0.5, 0.6) is 0 Å². The molecule has 0 atom stereocenters. The van der Waals surface area contributed by atoms with Gasteiger partial charge in [0.2, 0.25) is 0 Å². The molecule has 0 fully saturated rings. The second kappa shape index (κ2) is 46.3. The summed E-state index contributed by atoms with van der Waals surface area (Å²) in [6.45, 7) is 3.77. The smallest absolute Gasteiger partial charge is 0.354 e. The monoisotopic (exact) mass is 2060 g/mol. The topological polar surface area (TPSA) is 129 Å². The maximum absolute atomic E-state index is 12.7. The van der Waals surface area contributed by atoms with Crippen LogP contribution < -0.4 is 14.7 Å². The van der Waals surface area contributed by atoms with Crippen molar-refractivity contribution in [3.8, 4) is 72.6 Å². The zero-order valence-corrected chi connectivity index (χ0v) is 82.2. The summed E-state index contributed by atoms with van der Waals surface area (Å²) in [7, 11) is 6.97. The summed E-state index contributed by atoms with van der Waals surface area (Å²) in [5.41, 5.74) is 30.9. The van der Waals surface area contributed by atoms with Gasteiger partial charge in [-0.25, -0.2) is 9.78 Å². The molecule has 144 heavy (non-hydrogen) atoms. The Hall–Kier alpha value is -17.8. The van der Waals surface area contributed by atoms with Crippen LogP contribution in [0.1, 0.15) is 21.9 Å². The molecule has 24 aromatic rings. The minimum absolute atomic E-state index is 0. The van der Waals surface area contributed by atoms with Gasteiger partial charge in [-0.2, -0.15) is 0 Å². The number of pyridine rings is 3. The molecule has 1 N–H and O–H groups in total. The van der Waals surface area contributed by atoms with Crippen molar-refractivity contribution in [1.82, 2.24) is 29.5 Å². The Morgan fingerprint density at radius 1 is 0.340 bits per heavy atom. The van der Waals surface area contributed by atoms with Crippen molar-refractivity contribution in [3.05, 3.63) is 551 Å². The molecule has 5 aromatic heterocycles. The summed E-state index contributed by atoms with van der Waals surface area (Å²) in [4.78, 5) is 38.6. The Bertz CT molecular complexity index is 8190. The number of aromatic nitrogens is 6. The van der Waals surface area contributed by atoms with Crippen LogP contribution in [0.25, 0.3) is 138 Å². The van der Waals surface area contributed by atoms with E-state index in [0.717, 1.165) is 95.6 Å². The number of para-hydroxylation sites is 5. The van der Waals surface area contributed by atoms with Gasteiger partial charge in [0.1, 0.15) is 5.69 Å². The average molecular weight is 2060 g/mol. The van der Waals surface area contributed by atoms with Gasteiger partial charge in [0.25, 0.3) is 7.98 Å². The first-order valence-corrected chi connectivity index (χ1v) is 47.4. The van der Waals surface area contributed by atoms with Crippen LogP contribution in [0.3, 0.4) is 0 Å². The number of benzene rings is 19. The van der Waals surface area contributed by atoms with Crippen LogP contribution in [0.4, 0.5) is 55.6 Å². The first-order valence-electron chi connectivity index (χ1n) is 47.0. The molecule has 0 bridgehead atoms. The standard InChI is InChI=1S/C44H32N2.C42H30N2.C24H16N2.C12H10FN2.C6H5NO2.BHNP.Ir/c1-3-17-37(18-4-1)45(43-23-11-15-35-13-7-9-21-41(35)43)39-29-25-33(26-30-39)34-27-31-40(32-28-34)46(38-19-5-2-6-20-38)44-24-12-16-36-14-8-10-22-42(36)44;1-4-12-31(13-5-1)32-20-25-37(26-21-32)43(35-14-6-2-7-15-35)38-27-22-33(23-28-38)34-24-29-42-40(30-34)39-18-10-11-19-41(39)44(42)36-16-8-3-9-17-36;1-3-7-17(8-4-1)19-13-15-25-23-21(19)11-12-22-20(14-16-26-24(22)23)18-9-5-2-6-10-18;1-8-7-14-12(9(2)15-8)10-3-5-11(13)6-4-10;8-6(9)5-3-1-2-4-7-5;1-2-3;/h1-32H;1-30H;1-16H;3,5-7H,1-2H3;1-4H,(H,8,9);3H;/q;;;-1;;;. The predicted molar refractivity (Wildman–Crippen MR) is 594 cm³/mol. The van der Waals surface area contributed by atoms with E-state index >= 15 is 0 Å². The molecular formula is C128H94BFIrN10O2P-. The van der Waals surface area contributed by atoms with E-state index < -0.39 is 5.97 Å². The van der Waals surface area contributed by atoms with Crippen molar-refractivity contribution >= 4 is 139 Å². The van der Waals surface area contributed by atoms with Gasteiger partial charge in [0.05, 0.1) is 39.1 Å². The normalized spacial score (nSPS) is 10.7. The Morgan fingerprint density at radius 2 is 0.708 bits per heavy atom. The zero-order valence-electron chi connectivity index (χ0n) is 78.8. The summed E-state index contributed by atoms with van der Waals surface area (Å²) in [5, 5.41) is 18.0. The van der Waals surface area contributed by atoms with Crippen LogP contribution in [-0.4, -0.2) is 48.5 Å². The largest absolute Gasteiger partial charge is 0.477 e. The van der Waals surface area contributed by atoms with E-state index in [1.165, 1.54) is 129 Å². The summed E-state index contributed by atoms with van der Waals surface area (Å²) in [6.07, 6.45) is 6.89. The summed E-state index contributed by atoms with van der Waals surface area (Å²) in [5.74, 6) is -1.29. The fourth-order valence-electron chi connectivity index (χ4n) is 18.2. The SMILES string of the molecule is Cc1cnc(-c2[c-]cc(F)cc2)c(C)n1.O=C(O)c1ccccn1.[B]N=P.[Ir].c1ccc(-c2ccc(N(c3ccccc3)c3ccc(-c4ccc5c(c4)c4ccccc4n5-c4ccccc4)cc3)cc2)cc1.c1ccc(-c2ccnc3c2ccc2c(-c4ccccc4)ccnc23)cc1.c1ccc(N(c2ccc(-c3ccc(N(c4ccccc4)c4cccc5ccccc45)cc3)cc2)c2cccc3ccccc23)cc1.